The second-order valence-corrected chi connectivity index (χ2v) is 4.96. The van der Waals surface area contributed by atoms with Gasteiger partial charge in [-0.1, -0.05) is 78.9 Å². The first kappa shape index (κ1) is 14.1. The summed E-state index contributed by atoms with van der Waals surface area (Å²) in [6, 6.07) is 26.9. The van der Waals surface area contributed by atoms with Crippen molar-refractivity contribution in [1.82, 2.24) is 0 Å². The van der Waals surface area contributed by atoms with E-state index in [2.05, 4.69) is 0 Å². The molecule has 0 aliphatic heterocycles. The molecule has 1 radical (unpaired) electrons. The molecule has 0 atom stereocenters. The number of aromatic carboxylic acids is 1. The van der Waals surface area contributed by atoms with Gasteiger partial charge in [0.25, 0.3) is 0 Å². The van der Waals surface area contributed by atoms with Gasteiger partial charge in [0.1, 0.15) is 0 Å². The Labute approximate surface area is 129 Å². The second-order valence-electron chi connectivity index (χ2n) is 4.96. The second kappa shape index (κ2) is 6.27. The highest BCUT2D eigenvalue weighted by molar-refractivity contribution is 5.91. The molecule has 107 valence electrons. The van der Waals surface area contributed by atoms with Crippen LogP contribution < -0.4 is 0 Å². The van der Waals surface area contributed by atoms with Gasteiger partial charge < -0.3 is 5.11 Å². The van der Waals surface area contributed by atoms with Crippen LogP contribution in [-0.2, 0) is 0 Å². The normalized spacial score (nSPS) is 10.6. The lowest BCUT2D eigenvalue weighted by molar-refractivity contribution is 0.0696. The maximum atomic E-state index is 11.6. The van der Waals surface area contributed by atoms with E-state index in [9.17, 15) is 9.90 Å². The minimum absolute atomic E-state index is 0.310. The standard InChI is InChI=1S/C20H15O2/c21-20(22)18-14-8-7-13-17(18)19(15-9-3-1-4-10-15)16-11-5-2-6-12-16/h1-14H,(H,21,22). The van der Waals surface area contributed by atoms with Crippen molar-refractivity contribution in [3.63, 3.8) is 0 Å². The van der Waals surface area contributed by atoms with Crippen LogP contribution >= 0.6 is 0 Å². The van der Waals surface area contributed by atoms with Crippen molar-refractivity contribution in [2.24, 2.45) is 0 Å². The van der Waals surface area contributed by atoms with Crippen LogP contribution in [0.15, 0.2) is 84.9 Å². The summed E-state index contributed by atoms with van der Waals surface area (Å²) < 4.78 is 0. The number of hydrogen-bond donors (Lipinski definition) is 1. The molecule has 0 aliphatic rings. The van der Waals surface area contributed by atoms with Gasteiger partial charge >= 0.3 is 5.97 Å². The van der Waals surface area contributed by atoms with Crippen molar-refractivity contribution in [2.45, 2.75) is 0 Å². The van der Waals surface area contributed by atoms with Gasteiger partial charge in [-0.2, -0.15) is 0 Å². The Bertz CT molecular complexity index is 724. The van der Waals surface area contributed by atoms with E-state index in [0.29, 0.717) is 5.56 Å². The number of carbonyl (C=O) groups is 1. The van der Waals surface area contributed by atoms with Crippen molar-refractivity contribution < 1.29 is 9.90 Å². The molecule has 3 aromatic carbocycles. The zero-order chi connectivity index (χ0) is 15.4. The fourth-order valence-corrected chi connectivity index (χ4v) is 2.57. The van der Waals surface area contributed by atoms with Gasteiger partial charge in [0.2, 0.25) is 0 Å². The van der Waals surface area contributed by atoms with Crippen LogP contribution in [0.25, 0.3) is 0 Å². The molecule has 0 saturated carbocycles. The molecule has 1 N–H and O–H groups in total. The molecule has 0 amide bonds. The molecule has 0 aromatic heterocycles. The molecule has 0 bridgehead atoms. The Morgan fingerprint density at radius 2 is 1.00 bits per heavy atom. The molecule has 2 nitrogen and oxygen atoms in total. The van der Waals surface area contributed by atoms with Crippen LogP contribution in [0.4, 0.5) is 0 Å². The summed E-state index contributed by atoms with van der Waals surface area (Å²) in [4.78, 5) is 11.6. The van der Waals surface area contributed by atoms with Crippen molar-refractivity contribution in [1.29, 1.82) is 0 Å². The lowest BCUT2D eigenvalue weighted by atomic mass is 9.83. The average molecular weight is 287 g/mol. The highest BCUT2D eigenvalue weighted by Gasteiger charge is 2.22. The summed E-state index contributed by atoms with van der Waals surface area (Å²) in [6.45, 7) is 0. The van der Waals surface area contributed by atoms with Crippen LogP contribution in [0.5, 0.6) is 0 Å². The number of benzene rings is 3. The molecule has 0 heterocycles. The van der Waals surface area contributed by atoms with E-state index in [4.69, 9.17) is 0 Å². The number of carboxylic acids is 1. The van der Waals surface area contributed by atoms with Crippen LogP contribution in [0.1, 0.15) is 27.0 Å². The molecule has 0 spiro atoms. The Morgan fingerprint density at radius 1 is 0.591 bits per heavy atom. The third-order valence-corrected chi connectivity index (χ3v) is 3.55. The SMILES string of the molecule is O=C(O)c1ccccc1[C](c1ccccc1)c1ccccc1. The first-order chi connectivity index (χ1) is 10.8. The summed E-state index contributed by atoms with van der Waals surface area (Å²) in [5.74, 6) is 0.0131. The molecule has 2 heteroatoms. The molecule has 22 heavy (non-hydrogen) atoms. The van der Waals surface area contributed by atoms with Gasteiger partial charge in [-0.25, -0.2) is 4.79 Å². The fraction of sp³-hybridized carbons (Fsp3) is 0. The van der Waals surface area contributed by atoms with E-state index in [1.165, 1.54) is 0 Å². The Hall–Kier alpha value is -2.87. The zero-order valence-corrected chi connectivity index (χ0v) is 11.9. The summed E-state index contributed by atoms with van der Waals surface area (Å²) in [5.41, 5.74) is 3.04. The number of rotatable bonds is 4. The summed E-state index contributed by atoms with van der Waals surface area (Å²) in [7, 11) is 0. The predicted octanol–water partition coefficient (Wildman–Crippen LogP) is 4.40. The predicted molar refractivity (Wildman–Crippen MR) is 86.8 cm³/mol. The largest absolute Gasteiger partial charge is 0.478 e. The van der Waals surface area contributed by atoms with E-state index >= 15 is 0 Å². The van der Waals surface area contributed by atoms with Crippen molar-refractivity contribution in [2.75, 3.05) is 0 Å². The van der Waals surface area contributed by atoms with Gasteiger partial charge in [-0.3, -0.25) is 0 Å². The Morgan fingerprint density at radius 3 is 1.45 bits per heavy atom. The minimum Gasteiger partial charge on any atom is -0.478 e. The van der Waals surface area contributed by atoms with E-state index in [1.54, 1.807) is 12.1 Å². The van der Waals surface area contributed by atoms with Crippen molar-refractivity contribution in [3.8, 4) is 0 Å². The smallest absolute Gasteiger partial charge is 0.336 e. The van der Waals surface area contributed by atoms with Crippen LogP contribution in [0.2, 0.25) is 0 Å². The maximum Gasteiger partial charge on any atom is 0.336 e. The van der Waals surface area contributed by atoms with Crippen LogP contribution in [-0.4, -0.2) is 11.1 Å². The summed E-state index contributed by atoms with van der Waals surface area (Å²) in [6.07, 6.45) is 0. The quantitative estimate of drug-likeness (QED) is 0.722. The van der Waals surface area contributed by atoms with Gasteiger partial charge in [-0.05, 0) is 22.8 Å². The van der Waals surface area contributed by atoms with E-state index < -0.39 is 5.97 Å². The zero-order valence-electron chi connectivity index (χ0n) is 11.9. The maximum absolute atomic E-state index is 11.6. The Balaban J connectivity index is 2.21. The molecule has 0 saturated heterocycles. The highest BCUT2D eigenvalue weighted by Crippen LogP contribution is 2.32. The monoisotopic (exact) mass is 287 g/mol. The fourth-order valence-electron chi connectivity index (χ4n) is 2.57. The van der Waals surface area contributed by atoms with E-state index in [0.717, 1.165) is 22.6 Å². The topological polar surface area (TPSA) is 37.3 Å². The lowest BCUT2D eigenvalue weighted by Gasteiger charge is -2.19. The number of hydrogen-bond acceptors (Lipinski definition) is 1. The van der Waals surface area contributed by atoms with Crippen molar-refractivity contribution >= 4 is 5.97 Å². The highest BCUT2D eigenvalue weighted by atomic mass is 16.4. The van der Waals surface area contributed by atoms with Crippen molar-refractivity contribution in [3.05, 3.63) is 113 Å². The first-order valence-corrected chi connectivity index (χ1v) is 7.08. The van der Waals surface area contributed by atoms with Crippen LogP contribution in [0.3, 0.4) is 0 Å². The van der Waals surface area contributed by atoms with Crippen LogP contribution in [0, 0.1) is 5.92 Å². The molecular weight excluding hydrogens is 272 g/mol. The van der Waals surface area contributed by atoms with E-state index in [-0.39, 0.29) is 0 Å². The molecule has 0 unspecified atom stereocenters. The first-order valence-electron chi connectivity index (χ1n) is 7.08. The summed E-state index contributed by atoms with van der Waals surface area (Å²) in [5, 5.41) is 9.50. The Kier molecular flexibility index (Phi) is 4.01. The van der Waals surface area contributed by atoms with Gasteiger partial charge in [0.15, 0.2) is 0 Å². The molecular formula is C20H15O2. The molecule has 0 aliphatic carbocycles. The number of carboxylic acid groups (broad SMARTS) is 1. The van der Waals surface area contributed by atoms with Gasteiger partial charge in [0.05, 0.1) is 11.5 Å². The average Bonchev–Trinajstić information content (AvgIpc) is 2.57. The third-order valence-electron chi connectivity index (χ3n) is 3.55. The summed E-state index contributed by atoms with van der Waals surface area (Å²) >= 11 is 0. The molecule has 3 aromatic rings. The lowest BCUT2D eigenvalue weighted by Crippen LogP contribution is -2.10. The third kappa shape index (κ3) is 2.77. The van der Waals surface area contributed by atoms with Gasteiger partial charge in [0, 0.05) is 0 Å². The van der Waals surface area contributed by atoms with Gasteiger partial charge in [-0.15, -0.1) is 0 Å². The molecule has 3 rings (SSSR count). The molecule has 0 fully saturated rings. The van der Waals surface area contributed by atoms with E-state index in [1.807, 2.05) is 72.8 Å². The minimum atomic E-state index is -0.917.